The number of aromatic nitrogens is 2. The SMILES string of the molecule is C=C(N[C@@H](c1ccc(F)cc1)C(F)(F)F)c1ccc2nc(C3=CC=C(Cl)CC3)c(CCCCC(=O)O)nc2c1. The van der Waals surface area contributed by atoms with Gasteiger partial charge in [0.25, 0.3) is 0 Å². The number of carboxylic acids is 1. The molecular weight excluding hydrogens is 534 g/mol. The highest BCUT2D eigenvalue weighted by Crippen LogP contribution is 2.35. The van der Waals surface area contributed by atoms with Gasteiger partial charge in [0, 0.05) is 17.2 Å². The van der Waals surface area contributed by atoms with Crippen molar-refractivity contribution in [1.29, 1.82) is 0 Å². The summed E-state index contributed by atoms with van der Waals surface area (Å²) in [6.45, 7) is 3.81. The average Bonchev–Trinajstić information content (AvgIpc) is 2.89. The van der Waals surface area contributed by atoms with Crippen molar-refractivity contribution in [2.45, 2.75) is 50.7 Å². The summed E-state index contributed by atoms with van der Waals surface area (Å²) in [6, 6.07) is 6.95. The van der Waals surface area contributed by atoms with Gasteiger partial charge < -0.3 is 10.4 Å². The summed E-state index contributed by atoms with van der Waals surface area (Å²) in [5, 5.41) is 12.1. The van der Waals surface area contributed by atoms with Crippen LogP contribution in [0.4, 0.5) is 17.6 Å². The zero-order chi connectivity index (χ0) is 28.2. The molecule has 1 aromatic heterocycles. The second-order valence-electron chi connectivity index (χ2n) is 9.28. The molecule has 0 amide bonds. The topological polar surface area (TPSA) is 75.1 Å². The van der Waals surface area contributed by atoms with E-state index in [2.05, 4.69) is 11.9 Å². The van der Waals surface area contributed by atoms with E-state index in [1.54, 1.807) is 18.2 Å². The van der Waals surface area contributed by atoms with Crippen LogP contribution in [0.5, 0.6) is 0 Å². The highest BCUT2D eigenvalue weighted by atomic mass is 35.5. The molecule has 39 heavy (non-hydrogen) atoms. The van der Waals surface area contributed by atoms with E-state index in [9.17, 15) is 22.4 Å². The van der Waals surface area contributed by atoms with E-state index < -0.39 is 24.0 Å². The molecule has 3 aromatic rings. The van der Waals surface area contributed by atoms with Crippen LogP contribution in [0.25, 0.3) is 22.3 Å². The highest BCUT2D eigenvalue weighted by molar-refractivity contribution is 6.29. The Kier molecular flexibility index (Phi) is 8.70. The summed E-state index contributed by atoms with van der Waals surface area (Å²) in [6.07, 6.45) is 2.01. The molecule has 5 nitrogen and oxygen atoms in total. The van der Waals surface area contributed by atoms with E-state index >= 15 is 0 Å². The minimum atomic E-state index is -4.65. The van der Waals surface area contributed by atoms with E-state index in [1.807, 2.05) is 12.2 Å². The molecular formula is C29H26ClF4N3O2. The van der Waals surface area contributed by atoms with E-state index in [1.165, 1.54) is 0 Å². The van der Waals surface area contributed by atoms with Crippen LogP contribution in [0.3, 0.4) is 0 Å². The van der Waals surface area contributed by atoms with Crippen molar-refractivity contribution < 1.29 is 27.5 Å². The van der Waals surface area contributed by atoms with Crippen molar-refractivity contribution in [2.24, 2.45) is 0 Å². The van der Waals surface area contributed by atoms with Gasteiger partial charge in [-0.3, -0.25) is 4.79 Å². The Labute approximate surface area is 227 Å². The average molecular weight is 560 g/mol. The second kappa shape index (κ2) is 12.0. The molecule has 0 saturated carbocycles. The standard InChI is InChI=1S/C29H26ClF4N3O2/c1-17(35-28(29(32,33)34)19-8-13-22(31)14-9-19)20-10-15-23-25(16-20)36-24(4-2-3-5-26(38)39)27(37-23)18-6-11-21(30)12-7-18/h6,8-11,13-16,28,35H,1-5,7,12H2,(H,38,39)/t28-/m0/s1. The first-order chi connectivity index (χ1) is 18.5. The molecule has 0 bridgehead atoms. The number of benzene rings is 2. The first-order valence-electron chi connectivity index (χ1n) is 12.4. The number of nitrogens with zero attached hydrogens (tertiary/aromatic N) is 2. The number of alkyl halides is 3. The third kappa shape index (κ3) is 7.23. The number of carbonyl (C=O) groups is 1. The molecule has 1 aliphatic carbocycles. The molecule has 0 radical (unpaired) electrons. The number of nitrogens with one attached hydrogen (secondary N) is 1. The van der Waals surface area contributed by atoms with E-state index in [4.69, 9.17) is 26.7 Å². The molecule has 2 aromatic carbocycles. The number of hydrogen-bond acceptors (Lipinski definition) is 4. The van der Waals surface area contributed by atoms with E-state index in [0.29, 0.717) is 60.1 Å². The molecule has 0 saturated heterocycles. The fourth-order valence-corrected chi connectivity index (χ4v) is 4.51. The molecule has 10 heteroatoms. The molecule has 0 fully saturated rings. The monoisotopic (exact) mass is 559 g/mol. The molecule has 0 aliphatic heterocycles. The molecule has 0 spiro atoms. The number of rotatable bonds is 10. The van der Waals surface area contributed by atoms with Crippen molar-refractivity contribution >= 4 is 39.9 Å². The van der Waals surface area contributed by atoms with Gasteiger partial charge in [0.2, 0.25) is 0 Å². The highest BCUT2D eigenvalue weighted by Gasteiger charge is 2.41. The molecule has 0 unspecified atom stereocenters. The lowest BCUT2D eigenvalue weighted by Gasteiger charge is -2.24. The number of carboxylic acid groups (broad SMARTS) is 1. The van der Waals surface area contributed by atoms with Crippen LogP contribution in [0, 0.1) is 5.82 Å². The van der Waals surface area contributed by atoms with E-state index in [0.717, 1.165) is 34.9 Å². The quantitative estimate of drug-likeness (QED) is 0.196. The predicted octanol–water partition coefficient (Wildman–Crippen LogP) is 7.73. The summed E-state index contributed by atoms with van der Waals surface area (Å²) in [5.41, 5.74) is 3.65. The van der Waals surface area contributed by atoms with Crippen molar-refractivity contribution in [2.75, 3.05) is 0 Å². The van der Waals surface area contributed by atoms with Gasteiger partial charge in [-0.05, 0) is 79.1 Å². The normalized spacial score (nSPS) is 14.5. The van der Waals surface area contributed by atoms with Crippen molar-refractivity contribution in [1.82, 2.24) is 15.3 Å². The minimum Gasteiger partial charge on any atom is -0.481 e. The lowest BCUT2D eigenvalue weighted by atomic mass is 9.97. The fraction of sp³-hybridized carbons (Fsp3) is 0.276. The summed E-state index contributed by atoms with van der Waals surface area (Å²) >= 11 is 6.12. The number of fused-ring (bicyclic) bond motifs is 1. The van der Waals surface area contributed by atoms with Crippen LogP contribution in [-0.2, 0) is 11.2 Å². The molecule has 1 aliphatic rings. The minimum absolute atomic E-state index is 0.0206. The lowest BCUT2D eigenvalue weighted by Crippen LogP contribution is -2.33. The maximum atomic E-state index is 13.9. The molecule has 1 heterocycles. The van der Waals surface area contributed by atoms with Gasteiger partial charge >= 0.3 is 12.1 Å². The van der Waals surface area contributed by atoms with Gasteiger partial charge in [-0.15, -0.1) is 0 Å². The smallest absolute Gasteiger partial charge is 0.412 e. The number of aryl methyl sites for hydroxylation is 1. The van der Waals surface area contributed by atoms with Gasteiger partial charge in [-0.1, -0.05) is 42.5 Å². The van der Waals surface area contributed by atoms with E-state index in [-0.39, 0.29) is 17.7 Å². The van der Waals surface area contributed by atoms with Crippen molar-refractivity contribution in [3.05, 3.63) is 94.6 Å². The fourth-order valence-electron chi connectivity index (χ4n) is 4.35. The zero-order valence-electron chi connectivity index (χ0n) is 20.9. The van der Waals surface area contributed by atoms with Gasteiger partial charge in [-0.2, -0.15) is 13.2 Å². The molecule has 1 atom stereocenters. The predicted molar refractivity (Wildman–Crippen MR) is 143 cm³/mol. The third-order valence-corrected chi connectivity index (χ3v) is 6.71. The molecule has 2 N–H and O–H groups in total. The number of aliphatic carboxylic acids is 1. The Morgan fingerprint density at radius 2 is 1.79 bits per heavy atom. The van der Waals surface area contributed by atoms with Crippen molar-refractivity contribution in [3.63, 3.8) is 0 Å². The largest absolute Gasteiger partial charge is 0.481 e. The lowest BCUT2D eigenvalue weighted by molar-refractivity contribution is -0.154. The third-order valence-electron chi connectivity index (χ3n) is 6.39. The van der Waals surface area contributed by atoms with Crippen LogP contribution in [-0.4, -0.2) is 27.2 Å². The molecule has 204 valence electrons. The van der Waals surface area contributed by atoms with Gasteiger partial charge in [0.05, 0.1) is 22.4 Å². The van der Waals surface area contributed by atoms with Gasteiger partial charge in [0.15, 0.2) is 0 Å². The Morgan fingerprint density at radius 3 is 2.44 bits per heavy atom. The summed E-state index contributed by atoms with van der Waals surface area (Å²) < 4.78 is 54.9. The number of allylic oxidation sites excluding steroid dienone is 4. The zero-order valence-corrected chi connectivity index (χ0v) is 21.6. The Morgan fingerprint density at radius 1 is 1.05 bits per heavy atom. The summed E-state index contributed by atoms with van der Waals surface area (Å²) in [7, 11) is 0. The maximum absolute atomic E-state index is 13.9. The first-order valence-corrected chi connectivity index (χ1v) is 12.7. The van der Waals surface area contributed by atoms with Crippen molar-refractivity contribution in [3.8, 4) is 0 Å². The van der Waals surface area contributed by atoms with Crippen LogP contribution in [0.2, 0.25) is 0 Å². The Hall–Kier alpha value is -3.72. The van der Waals surface area contributed by atoms with Gasteiger partial charge in [0.1, 0.15) is 11.9 Å². The van der Waals surface area contributed by atoms with Gasteiger partial charge in [-0.25, -0.2) is 14.4 Å². The maximum Gasteiger partial charge on any atom is 0.412 e. The Bertz CT molecular complexity index is 1450. The first kappa shape index (κ1) is 28.3. The van der Waals surface area contributed by atoms with Crippen LogP contribution in [0.1, 0.15) is 60.7 Å². The van der Waals surface area contributed by atoms with Crippen LogP contribution >= 0.6 is 11.6 Å². The summed E-state index contributed by atoms with van der Waals surface area (Å²) in [5.74, 6) is -1.50. The number of halogens is 5. The number of unbranched alkanes of at least 4 members (excludes halogenated alkanes) is 1. The molecule has 4 rings (SSSR count). The second-order valence-corrected chi connectivity index (χ2v) is 9.76. The Balaban J connectivity index is 1.65. The summed E-state index contributed by atoms with van der Waals surface area (Å²) in [4.78, 5) is 20.5. The number of hydrogen-bond donors (Lipinski definition) is 2. The van der Waals surface area contributed by atoms with Crippen LogP contribution in [0.15, 0.2) is 66.2 Å². The van der Waals surface area contributed by atoms with Crippen LogP contribution < -0.4 is 5.32 Å².